The standard InChI is InChI=1S/C63H43NO2/c1-63(2)55-16-6-3-11-51(55)54-39-45(31-38-56(54)63)42-23-21-40(22-24-42)41-25-32-46(33-26-41)64(47-34-27-43(28-35-47)49-14-9-19-59-61(49)52-12-4-7-17-57(52)65-59)48-36-29-44(30-37-48)50-15-10-20-60-62(50)53-13-5-8-18-58(53)66-60/h3-39H,1-2H3. The normalized spacial score (nSPS) is 12.8. The molecule has 1 aliphatic carbocycles. The summed E-state index contributed by atoms with van der Waals surface area (Å²) in [5.41, 5.74) is 21.7. The van der Waals surface area contributed by atoms with Crippen LogP contribution >= 0.6 is 0 Å². The molecule has 3 nitrogen and oxygen atoms in total. The Morgan fingerprint density at radius 1 is 0.303 bits per heavy atom. The van der Waals surface area contributed by atoms with Gasteiger partial charge in [0.05, 0.1) is 0 Å². The van der Waals surface area contributed by atoms with Crippen LogP contribution in [-0.2, 0) is 5.41 Å². The topological polar surface area (TPSA) is 29.5 Å². The summed E-state index contributed by atoms with van der Waals surface area (Å²) in [5, 5.41) is 4.53. The minimum atomic E-state index is 0.0000105. The summed E-state index contributed by atoms with van der Waals surface area (Å²) in [6.07, 6.45) is 0. The molecule has 12 aromatic rings. The van der Waals surface area contributed by atoms with Gasteiger partial charge in [0.2, 0.25) is 0 Å². The lowest BCUT2D eigenvalue weighted by molar-refractivity contribution is 0.660. The first-order chi connectivity index (χ1) is 32.5. The van der Waals surface area contributed by atoms with Gasteiger partial charge in [-0.15, -0.1) is 0 Å². The summed E-state index contributed by atoms with van der Waals surface area (Å²) < 4.78 is 12.5. The fourth-order valence-corrected chi connectivity index (χ4v) is 10.6. The van der Waals surface area contributed by atoms with Crippen LogP contribution in [0.5, 0.6) is 0 Å². The third-order valence-electron chi connectivity index (χ3n) is 13.9. The Hall–Kier alpha value is -8.40. The lowest BCUT2D eigenvalue weighted by atomic mass is 9.82. The molecular formula is C63H43NO2. The maximum atomic E-state index is 6.26. The molecule has 2 aromatic heterocycles. The highest BCUT2D eigenvalue weighted by Gasteiger charge is 2.35. The molecule has 0 N–H and O–H groups in total. The number of para-hydroxylation sites is 2. The van der Waals surface area contributed by atoms with Crippen LogP contribution < -0.4 is 4.90 Å². The lowest BCUT2D eigenvalue weighted by Gasteiger charge is -2.26. The number of nitrogens with zero attached hydrogens (tertiary/aromatic N) is 1. The van der Waals surface area contributed by atoms with Gasteiger partial charge < -0.3 is 13.7 Å². The molecule has 0 bridgehead atoms. The van der Waals surface area contributed by atoms with E-state index < -0.39 is 0 Å². The number of anilines is 3. The van der Waals surface area contributed by atoms with Crippen molar-refractivity contribution in [2.75, 3.05) is 4.90 Å². The fourth-order valence-electron chi connectivity index (χ4n) is 10.6. The SMILES string of the molecule is CC1(C)c2ccccc2-c2cc(-c3ccc(-c4ccc(N(c5ccc(-c6cccc7oc8ccccc8c67)cc5)c5ccc(-c6cccc7oc8ccccc8c67)cc5)cc4)cc3)ccc21. The molecule has 0 aliphatic heterocycles. The van der Waals surface area contributed by atoms with Crippen molar-refractivity contribution in [1.29, 1.82) is 0 Å². The average molecular weight is 846 g/mol. The molecule has 0 atom stereocenters. The van der Waals surface area contributed by atoms with E-state index in [2.05, 4.69) is 219 Å². The van der Waals surface area contributed by atoms with Gasteiger partial charge >= 0.3 is 0 Å². The van der Waals surface area contributed by atoms with Gasteiger partial charge in [-0.2, -0.15) is 0 Å². The van der Waals surface area contributed by atoms with Crippen molar-refractivity contribution in [3.8, 4) is 55.6 Å². The number of furan rings is 2. The molecule has 0 spiro atoms. The highest BCUT2D eigenvalue weighted by Crippen LogP contribution is 2.50. The van der Waals surface area contributed by atoms with Crippen LogP contribution in [0.4, 0.5) is 17.1 Å². The van der Waals surface area contributed by atoms with E-state index in [9.17, 15) is 0 Å². The minimum Gasteiger partial charge on any atom is -0.456 e. The summed E-state index contributed by atoms with van der Waals surface area (Å²) in [5.74, 6) is 0. The summed E-state index contributed by atoms with van der Waals surface area (Å²) in [6.45, 7) is 4.67. The van der Waals surface area contributed by atoms with Gasteiger partial charge in [-0.1, -0.05) is 172 Å². The largest absolute Gasteiger partial charge is 0.456 e. The van der Waals surface area contributed by atoms with Crippen LogP contribution in [0.25, 0.3) is 99.5 Å². The van der Waals surface area contributed by atoms with E-state index >= 15 is 0 Å². The van der Waals surface area contributed by atoms with E-state index in [1.807, 2.05) is 24.3 Å². The molecule has 1 aliphatic rings. The minimum absolute atomic E-state index is 0.0000105. The van der Waals surface area contributed by atoms with Gasteiger partial charge in [-0.25, -0.2) is 0 Å². The van der Waals surface area contributed by atoms with Crippen LogP contribution in [0.3, 0.4) is 0 Å². The van der Waals surface area contributed by atoms with Crippen molar-refractivity contribution in [3.63, 3.8) is 0 Å². The van der Waals surface area contributed by atoms with E-state index in [-0.39, 0.29) is 5.41 Å². The van der Waals surface area contributed by atoms with Crippen molar-refractivity contribution >= 4 is 60.9 Å². The third kappa shape index (κ3) is 6.04. The van der Waals surface area contributed by atoms with Crippen LogP contribution in [0.15, 0.2) is 233 Å². The maximum Gasteiger partial charge on any atom is 0.136 e. The fraction of sp³-hybridized carbons (Fsp3) is 0.0476. The van der Waals surface area contributed by atoms with Gasteiger partial charge in [0, 0.05) is 44.0 Å². The Labute approximate surface area is 383 Å². The Bertz CT molecular complexity index is 3660. The molecule has 0 unspecified atom stereocenters. The van der Waals surface area contributed by atoms with E-state index in [4.69, 9.17) is 8.83 Å². The second-order valence-corrected chi connectivity index (χ2v) is 18.0. The number of hydrogen-bond donors (Lipinski definition) is 0. The average Bonchev–Trinajstić information content (AvgIpc) is 4.02. The maximum absolute atomic E-state index is 6.26. The first-order valence-electron chi connectivity index (χ1n) is 22.7. The zero-order chi connectivity index (χ0) is 43.9. The highest BCUT2D eigenvalue weighted by atomic mass is 16.3. The Balaban J connectivity index is 0.854. The van der Waals surface area contributed by atoms with E-state index in [0.717, 1.165) is 83.2 Å². The van der Waals surface area contributed by atoms with Gasteiger partial charge in [0.1, 0.15) is 22.3 Å². The second-order valence-electron chi connectivity index (χ2n) is 18.0. The van der Waals surface area contributed by atoms with Crippen molar-refractivity contribution in [2.24, 2.45) is 0 Å². The third-order valence-corrected chi connectivity index (χ3v) is 13.9. The van der Waals surface area contributed by atoms with Gasteiger partial charge in [-0.3, -0.25) is 0 Å². The van der Waals surface area contributed by atoms with Crippen LogP contribution in [-0.4, -0.2) is 0 Å². The molecule has 0 saturated carbocycles. The molecule has 13 rings (SSSR count). The van der Waals surface area contributed by atoms with E-state index in [0.29, 0.717) is 0 Å². The lowest BCUT2D eigenvalue weighted by Crippen LogP contribution is -2.14. The molecular weight excluding hydrogens is 803 g/mol. The van der Waals surface area contributed by atoms with Crippen LogP contribution in [0.1, 0.15) is 25.0 Å². The molecule has 0 fully saturated rings. The summed E-state index contributed by atoms with van der Waals surface area (Å²) >= 11 is 0. The van der Waals surface area contributed by atoms with Gasteiger partial charge in [0.25, 0.3) is 0 Å². The van der Waals surface area contributed by atoms with Gasteiger partial charge in [-0.05, 0) is 133 Å². The predicted molar refractivity (Wildman–Crippen MR) is 275 cm³/mol. The predicted octanol–water partition coefficient (Wildman–Crippen LogP) is 17.9. The van der Waals surface area contributed by atoms with Crippen LogP contribution in [0, 0.1) is 0 Å². The smallest absolute Gasteiger partial charge is 0.136 e. The molecule has 312 valence electrons. The molecule has 0 radical (unpaired) electrons. The first-order valence-corrected chi connectivity index (χ1v) is 22.7. The molecule has 2 heterocycles. The Kier molecular flexibility index (Phi) is 8.56. The van der Waals surface area contributed by atoms with Crippen LogP contribution in [0.2, 0.25) is 0 Å². The summed E-state index contributed by atoms with van der Waals surface area (Å²) in [6, 6.07) is 80.9. The number of fused-ring (bicyclic) bond motifs is 9. The molecule has 0 saturated heterocycles. The van der Waals surface area contributed by atoms with Crippen molar-refractivity contribution in [1.82, 2.24) is 0 Å². The summed E-state index contributed by atoms with van der Waals surface area (Å²) in [4.78, 5) is 2.34. The van der Waals surface area contributed by atoms with E-state index in [1.54, 1.807) is 0 Å². The molecule has 66 heavy (non-hydrogen) atoms. The number of hydrogen-bond acceptors (Lipinski definition) is 3. The number of rotatable bonds is 7. The van der Waals surface area contributed by atoms with Crippen molar-refractivity contribution in [3.05, 3.63) is 236 Å². The van der Waals surface area contributed by atoms with Gasteiger partial charge in [0.15, 0.2) is 0 Å². The Morgan fingerprint density at radius 3 is 1.21 bits per heavy atom. The number of benzene rings is 10. The molecule has 10 aromatic carbocycles. The first kappa shape index (κ1) is 38.1. The Morgan fingerprint density at radius 2 is 0.682 bits per heavy atom. The quantitative estimate of drug-likeness (QED) is 0.160. The molecule has 0 amide bonds. The second kappa shape index (κ2) is 14.8. The van der Waals surface area contributed by atoms with Crippen molar-refractivity contribution < 1.29 is 8.83 Å². The summed E-state index contributed by atoms with van der Waals surface area (Å²) in [7, 11) is 0. The zero-order valence-corrected chi connectivity index (χ0v) is 36.6. The van der Waals surface area contributed by atoms with Crippen molar-refractivity contribution in [2.45, 2.75) is 19.3 Å². The molecule has 3 heteroatoms. The zero-order valence-electron chi connectivity index (χ0n) is 36.6. The monoisotopic (exact) mass is 845 g/mol. The van der Waals surface area contributed by atoms with E-state index in [1.165, 1.54) is 44.5 Å². The highest BCUT2D eigenvalue weighted by molar-refractivity contribution is 6.13.